The molecule has 0 heterocycles. The zero-order chi connectivity index (χ0) is 26.4. The summed E-state index contributed by atoms with van der Waals surface area (Å²) in [5.74, 6) is -5.36. The van der Waals surface area contributed by atoms with E-state index in [4.69, 9.17) is 22.3 Å². The van der Waals surface area contributed by atoms with Gasteiger partial charge in [-0.05, 0) is 25.2 Å². The average molecular weight is 506 g/mol. The topological polar surface area (TPSA) is 252 Å². The van der Waals surface area contributed by atoms with Crippen LogP contribution in [0.1, 0.15) is 39.5 Å². The number of carboxylic acids is 2. The summed E-state index contributed by atoms with van der Waals surface area (Å²) < 4.78 is 0. The van der Waals surface area contributed by atoms with Crippen molar-refractivity contribution in [1.29, 1.82) is 0 Å². The van der Waals surface area contributed by atoms with Crippen LogP contribution in [0.2, 0.25) is 0 Å². The van der Waals surface area contributed by atoms with Crippen molar-refractivity contribution in [2.24, 2.45) is 28.1 Å². The van der Waals surface area contributed by atoms with E-state index >= 15 is 0 Å². The molecule has 4 atom stereocenters. The van der Waals surface area contributed by atoms with Gasteiger partial charge < -0.3 is 43.4 Å². The second kappa shape index (κ2) is 15.7. The van der Waals surface area contributed by atoms with Gasteiger partial charge in [-0.3, -0.25) is 24.2 Å². The maximum absolute atomic E-state index is 12.7. The molecule has 0 aromatic heterocycles. The first-order valence-electron chi connectivity index (χ1n) is 10.6. The van der Waals surface area contributed by atoms with E-state index < -0.39 is 60.2 Å². The van der Waals surface area contributed by atoms with Crippen LogP contribution < -0.4 is 33.2 Å². The highest BCUT2D eigenvalue weighted by atomic mass is 32.1. The van der Waals surface area contributed by atoms with Gasteiger partial charge in [-0.15, -0.1) is 0 Å². The van der Waals surface area contributed by atoms with Crippen molar-refractivity contribution in [1.82, 2.24) is 16.0 Å². The molecule has 194 valence electrons. The number of nitrogens with zero attached hydrogens (tertiary/aromatic N) is 1. The lowest BCUT2D eigenvalue weighted by molar-refractivity contribution is -0.142. The molecule has 0 aliphatic carbocycles. The number of carbonyl (C=O) groups is 5. The summed E-state index contributed by atoms with van der Waals surface area (Å²) >= 11 is 4.02. The molecule has 0 aromatic carbocycles. The van der Waals surface area contributed by atoms with Gasteiger partial charge in [-0.1, -0.05) is 13.8 Å². The molecule has 0 radical (unpaired) electrons. The van der Waals surface area contributed by atoms with E-state index in [1.54, 1.807) is 13.8 Å². The molecule has 4 unspecified atom stereocenters. The van der Waals surface area contributed by atoms with Gasteiger partial charge in [-0.2, -0.15) is 12.6 Å². The van der Waals surface area contributed by atoms with Crippen molar-refractivity contribution in [2.45, 2.75) is 63.7 Å². The number of hydrogen-bond donors (Lipinski definition) is 9. The zero-order valence-corrected chi connectivity index (χ0v) is 20.1. The predicted octanol–water partition coefficient (Wildman–Crippen LogP) is -2.64. The molecule has 0 spiro atoms. The number of amides is 3. The number of rotatable bonds is 16. The quantitative estimate of drug-likeness (QED) is 0.0456. The molecule has 14 nitrogen and oxygen atoms in total. The average Bonchev–Trinajstić information content (AvgIpc) is 2.75. The van der Waals surface area contributed by atoms with Gasteiger partial charge >= 0.3 is 11.9 Å². The molecule has 0 rings (SSSR count). The summed E-state index contributed by atoms with van der Waals surface area (Å²) in [4.78, 5) is 63.7. The van der Waals surface area contributed by atoms with Crippen molar-refractivity contribution in [3.8, 4) is 0 Å². The second-order valence-corrected chi connectivity index (χ2v) is 8.22. The van der Waals surface area contributed by atoms with E-state index in [2.05, 4.69) is 33.6 Å². The van der Waals surface area contributed by atoms with Gasteiger partial charge in [0.2, 0.25) is 17.7 Å². The number of hydrogen-bond acceptors (Lipinski definition) is 8. The third-order valence-corrected chi connectivity index (χ3v) is 5.04. The van der Waals surface area contributed by atoms with Crippen molar-refractivity contribution in [3.63, 3.8) is 0 Å². The first-order chi connectivity index (χ1) is 15.8. The molecule has 0 bridgehead atoms. The van der Waals surface area contributed by atoms with Crippen molar-refractivity contribution in [2.75, 3.05) is 12.3 Å². The summed E-state index contributed by atoms with van der Waals surface area (Å²) in [6.07, 6.45) is -0.382. The van der Waals surface area contributed by atoms with Crippen LogP contribution in [-0.2, 0) is 24.0 Å². The molecule has 0 aliphatic heterocycles. The Morgan fingerprint density at radius 3 is 1.88 bits per heavy atom. The number of nitrogens with two attached hydrogens (primary N) is 3. The number of thiol groups is 1. The fourth-order valence-electron chi connectivity index (χ4n) is 2.61. The number of aliphatic imine (C=N–C) groups is 1. The van der Waals surface area contributed by atoms with Crippen molar-refractivity contribution in [3.05, 3.63) is 0 Å². The molecule has 0 aliphatic rings. The summed E-state index contributed by atoms with van der Waals surface area (Å²) in [6, 6.07) is -4.73. The molecule has 34 heavy (non-hydrogen) atoms. The minimum Gasteiger partial charge on any atom is -0.481 e. The number of carbonyl (C=O) groups excluding carboxylic acids is 3. The molecule has 3 amide bonds. The Hall–Kier alpha value is -3.07. The minimum atomic E-state index is -1.29. The monoisotopic (exact) mass is 505 g/mol. The van der Waals surface area contributed by atoms with Crippen LogP contribution in [0.3, 0.4) is 0 Å². The summed E-state index contributed by atoms with van der Waals surface area (Å²) in [5, 5.41) is 25.4. The van der Waals surface area contributed by atoms with Gasteiger partial charge in [0.15, 0.2) is 5.96 Å². The van der Waals surface area contributed by atoms with Crippen LogP contribution >= 0.6 is 12.6 Å². The highest BCUT2D eigenvalue weighted by Crippen LogP contribution is 2.05. The van der Waals surface area contributed by atoms with Crippen LogP contribution in [0, 0.1) is 5.92 Å². The molecular formula is C19H35N7O7S. The Morgan fingerprint density at radius 1 is 0.882 bits per heavy atom. The van der Waals surface area contributed by atoms with Gasteiger partial charge in [0.05, 0.1) is 6.04 Å². The van der Waals surface area contributed by atoms with Crippen molar-refractivity contribution >= 4 is 48.2 Å². The summed E-state index contributed by atoms with van der Waals surface area (Å²) in [7, 11) is 0. The Morgan fingerprint density at radius 2 is 1.41 bits per heavy atom. The van der Waals surface area contributed by atoms with Crippen LogP contribution in [0.25, 0.3) is 0 Å². The first-order valence-corrected chi connectivity index (χ1v) is 11.2. The molecule has 11 N–H and O–H groups in total. The first kappa shape index (κ1) is 30.9. The largest absolute Gasteiger partial charge is 0.481 e. The van der Waals surface area contributed by atoms with E-state index in [-0.39, 0.29) is 43.4 Å². The van der Waals surface area contributed by atoms with Crippen LogP contribution in [0.5, 0.6) is 0 Å². The number of nitrogens with one attached hydrogen (secondary N) is 3. The van der Waals surface area contributed by atoms with Gasteiger partial charge in [-0.25, -0.2) is 4.79 Å². The third kappa shape index (κ3) is 12.2. The Balaban J connectivity index is 5.25. The zero-order valence-electron chi connectivity index (χ0n) is 19.2. The maximum Gasteiger partial charge on any atom is 0.326 e. The third-order valence-electron chi connectivity index (χ3n) is 4.68. The Bertz CT molecular complexity index is 759. The van der Waals surface area contributed by atoms with Crippen LogP contribution in [0.15, 0.2) is 4.99 Å². The number of guanidine groups is 1. The fourth-order valence-corrected chi connectivity index (χ4v) is 2.86. The molecule has 15 heteroatoms. The van der Waals surface area contributed by atoms with E-state index in [1.807, 2.05) is 0 Å². The van der Waals surface area contributed by atoms with Gasteiger partial charge in [0.25, 0.3) is 0 Å². The summed E-state index contributed by atoms with van der Waals surface area (Å²) in [5.41, 5.74) is 16.2. The maximum atomic E-state index is 12.7. The molecular weight excluding hydrogens is 470 g/mol. The lowest BCUT2D eigenvalue weighted by Gasteiger charge is -2.25. The fraction of sp³-hybridized carbons (Fsp3) is 0.684. The Labute approximate surface area is 202 Å². The van der Waals surface area contributed by atoms with Crippen LogP contribution in [0.4, 0.5) is 0 Å². The minimum absolute atomic E-state index is 0.0233. The predicted molar refractivity (Wildman–Crippen MR) is 127 cm³/mol. The van der Waals surface area contributed by atoms with E-state index in [0.29, 0.717) is 0 Å². The van der Waals surface area contributed by atoms with E-state index in [0.717, 1.165) is 0 Å². The van der Waals surface area contributed by atoms with E-state index in [1.165, 1.54) is 0 Å². The molecule has 0 saturated heterocycles. The molecule has 0 aromatic rings. The van der Waals surface area contributed by atoms with E-state index in [9.17, 15) is 29.1 Å². The molecule has 0 saturated carbocycles. The standard InChI is InChI=1S/C19H35N7O7S/c1-9(2)14(20)17(31)24-10(5-6-13(27)28)15(29)26-12(8-34)16(30)25-11(18(32)33)4-3-7-23-19(21)22/h9-12,14,34H,3-8,20H2,1-2H3,(H,24,31)(H,25,30)(H,26,29)(H,27,28)(H,32,33)(H4,21,22,23). The molecule has 0 fully saturated rings. The normalized spacial score (nSPS) is 14.3. The lowest BCUT2D eigenvalue weighted by Crippen LogP contribution is -2.58. The van der Waals surface area contributed by atoms with Gasteiger partial charge in [0, 0.05) is 18.7 Å². The SMILES string of the molecule is CC(C)C(N)C(=O)NC(CCC(=O)O)C(=O)NC(CS)C(=O)NC(CCCN=C(N)N)C(=O)O. The number of carboxylic acid groups (broad SMARTS) is 2. The lowest BCUT2D eigenvalue weighted by atomic mass is 10.0. The Kier molecular flexibility index (Phi) is 14.3. The highest BCUT2D eigenvalue weighted by molar-refractivity contribution is 7.80. The van der Waals surface area contributed by atoms with Crippen LogP contribution in [-0.4, -0.2) is 82.3 Å². The number of aliphatic carboxylic acids is 2. The second-order valence-electron chi connectivity index (χ2n) is 7.86. The van der Waals surface area contributed by atoms with Crippen molar-refractivity contribution < 1.29 is 34.2 Å². The smallest absolute Gasteiger partial charge is 0.326 e. The van der Waals surface area contributed by atoms with Gasteiger partial charge in [0.1, 0.15) is 18.1 Å². The highest BCUT2D eigenvalue weighted by Gasteiger charge is 2.30. The summed E-state index contributed by atoms with van der Waals surface area (Å²) in [6.45, 7) is 3.57.